The van der Waals surface area contributed by atoms with Crippen molar-refractivity contribution in [2.45, 2.75) is 26.8 Å². The maximum Gasteiger partial charge on any atom is 0.253 e. The van der Waals surface area contributed by atoms with Crippen LogP contribution in [0.1, 0.15) is 29.8 Å². The molecule has 24 heavy (non-hydrogen) atoms. The molecule has 0 atom stereocenters. The number of hydrogen-bond donors (Lipinski definition) is 3. The van der Waals surface area contributed by atoms with Crippen LogP contribution in [0.5, 0.6) is 0 Å². The fourth-order valence-corrected chi connectivity index (χ4v) is 2.21. The Morgan fingerprint density at radius 3 is 2.62 bits per heavy atom. The van der Waals surface area contributed by atoms with Gasteiger partial charge in [0.2, 0.25) is 0 Å². The number of aryl methyl sites for hydroxylation is 1. The van der Waals surface area contributed by atoms with Crippen LogP contribution < -0.4 is 16.0 Å². The molecule has 1 aromatic heterocycles. The Kier molecular flexibility index (Phi) is 6.26. The first kappa shape index (κ1) is 17.9. The molecule has 1 fully saturated rings. The van der Waals surface area contributed by atoms with E-state index < -0.39 is 0 Å². The van der Waals surface area contributed by atoms with Crippen LogP contribution in [-0.4, -0.2) is 30.0 Å². The molecular formula is C18H23FN4O. The topological polar surface area (TPSA) is 66.0 Å². The second-order valence-electron chi connectivity index (χ2n) is 5.36. The van der Waals surface area contributed by atoms with Crippen LogP contribution in [0.2, 0.25) is 0 Å². The molecule has 0 bridgehead atoms. The molecule has 3 N–H and O–H groups in total. The molecule has 2 heterocycles. The van der Waals surface area contributed by atoms with Crippen molar-refractivity contribution in [2.24, 2.45) is 0 Å². The minimum absolute atomic E-state index is 0.143. The lowest BCUT2D eigenvalue weighted by Gasteiger charge is -2.28. The van der Waals surface area contributed by atoms with E-state index in [1.807, 2.05) is 26.8 Å². The number of anilines is 2. The predicted molar refractivity (Wildman–Crippen MR) is 94.1 cm³/mol. The van der Waals surface area contributed by atoms with Crippen molar-refractivity contribution in [2.75, 3.05) is 18.4 Å². The number of carbonyl (C=O) groups is 1. The Hall–Kier alpha value is -2.47. The van der Waals surface area contributed by atoms with E-state index in [9.17, 15) is 9.18 Å². The van der Waals surface area contributed by atoms with E-state index in [0.29, 0.717) is 16.9 Å². The molecule has 0 spiro atoms. The van der Waals surface area contributed by atoms with E-state index in [1.165, 1.54) is 12.3 Å². The van der Waals surface area contributed by atoms with E-state index in [-0.39, 0.29) is 17.8 Å². The van der Waals surface area contributed by atoms with Crippen LogP contribution in [0.3, 0.4) is 0 Å². The van der Waals surface area contributed by atoms with Gasteiger partial charge >= 0.3 is 0 Å². The number of aromatic nitrogens is 1. The molecule has 0 aliphatic carbocycles. The Labute approximate surface area is 141 Å². The fourth-order valence-electron chi connectivity index (χ4n) is 2.21. The number of carbonyl (C=O) groups excluding carboxylic acids is 1. The minimum atomic E-state index is -0.363. The Balaban J connectivity index is 0.00000100. The van der Waals surface area contributed by atoms with E-state index >= 15 is 0 Å². The quantitative estimate of drug-likeness (QED) is 0.806. The van der Waals surface area contributed by atoms with Crippen molar-refractivity contribution < 1.29 is 9.18 Å². The normalized spacial score (nSPS) is 13.3. The predicted octanol–water partition coefficient (Wildman–Crippen LogP) is 3.00. The van der Waals surface area contributed by atoms with Crippen molar-refractivity contribution >= 4 is 17.3 Å². The first-order valence-electron chi connectivity index (χ1n) is 8.12. The van der Waals surface area contributed by atoms with Crippen molar-refractivity contribution in [3.05, 3.63) is 53.6 Å². The molecule has 1 amide bonds. The number of amides is 1. The fraction of sp³-hybridized carbons (Fsp3) is 0.333. The first-order valence-corrected chi connectivity index (χ1v) is 8.12. The summed E-state index contributed by atoms with van der Waals surface area (Å²) in [5, 5.41) is 8.96. The van der Waals surface area contributed by atoms with Crippen LogP contribution in [-0.2, 0) is 0 Å². The van der Waals surface area contributed by atoms with Crippen LogP contribution >= 0.6 is 0 Å². The summed E-state index contributed by atoms with van der Waals surface area (Å²) < 4.78 is 14.0. The molecule has 0 unspecified atom stereocenters. The summed E-state index contributed by atoms with van der Waals surface area (Å²) in [5.41, 5.74) is 2.08. The van der Waals surface area contributed by atoms with Gasteiger partial charge in [0, 0.05) is 19.3 Å². The maximum atomic E-state index is 14.0. The first-order chi connectivity index (χ1) is 11.6. The molecule has 6 heteroatoms. The van der Waals surface area contributed by atoms with Crippen LogP contribution in [0.25, 0.3) is 0 Å². The van der Waals surface area contributed by atoms with E-state index in [0.717, 1.165) is 18.7 Å². The van der Waals surface area contributed by atoms with Gasteiger partial charge < -0.3 is 16.0 Å². The lowest BCUT2D eigenvalue weighted by Crippen LogP contribution is -2.56. The second kappa shape index (κ2) is 8.40. The molecule has 0 radical (unpaired) electrons. The number of benzene rings is 1. The average molecular weight is 330 g/mol. The summed E-state index contributed by atoms with van der Waals surface area (Å²) in [6.45, 7) is 7.36. The summed E-state index contributed by atoms with van der Waals surface area (Å²) >= 11 is 0. The zero-order valence-electron chi connectivity index (χ0n) is 14.2. The van der Waals surface area contributed by atoms with E-state index in [1.54, 1.807) is 18.3 Å². The smallest absolute Gasteiger partial charge is 0.253 e. The molecule has 2 aromatic rings. The number of pyridine rings is 1. The standard InChI is InChI=1S/C16H17FN4O.C2H6/c1-10-2-3-14(13(17)6-10)21-15-9-18-5-4-12(15)16(22)20-11-7-19-8-11;1-2/h2-6,9,11,19,21H,7-8H2,1H3,(H,20,22);1-2H3. The van der Waals surface area contributed by atoms with Gasteiger partial charge in [0.1, 0.15) is 5.82 Å². The largest absolute Gasteiger partial charge is 0.351 e. The maximum absolute atomic E-state index is 14.0. The number of rotatable bonds is 4. The van der Waals surface area contributed by atoms with Gasteiger partial charge in [-0.1, -0.05) is 19.9 Å². The van der Waals surface area contributed by atoms with Gasteiger partial charge in [-0.05, 0) is 30.7 Å². The minimum Gasteiger partial charge on any atom is -0.351 e. The number of hydrogen-bond acceptors (Lipinski definition) is 4. The highest BCUT2D eigenvalue weighted by Crippen LogP contribution is 2.23. The third-order valence-corrected chi connectivity index (χ3v) is 3.58. The van der Waals surface area contributed by atoms with Gasteiger partial charge in [0.15, 0.2) is 0 Å². The van der Waals surface area contributed by atoms with Crippen LogP contribution in [0, 0.1) is 12.7 Å². The molecule has 128 valence electrons. The van der Waals surface area contributed by atoms with E-state index in [2.05, 4.69) is 20.9 Å². The van der Waals surface area contributed by atoms with Crippen LogP contribution in [0.4, 0.5) is 15.8 Å². The van der Waals surface area contributed by atoms with Gasteiger partial charge in [0.05, 0.1) is 29.2 Å². The molecule has 3 rings (SSSR count). The number of nitrogens with one attached hydrogen (secondary N) is 3. The molecule has 0 saturated carbocycles. The van der Waals surface area contributed by atoms with Crippen LogP contribution in [0.15, 0.2) is 36.7 Å². The Bertz CT molecular complexity index is 701. The molecule has 5 nitrogen and oxygen atoms in total. The highest BCUT2D eigenvalue weighted by Gasteiger charge is 2.21. The van der Waals surface area contributed by atoms with Gasteiger partial charge in [-0.3, -0.25) is 9.78 Å². The molecule has 1 aliphatic heterocycles. The highest BCUT2D eigenvalue weighted by molar-refractivity contribution is 6.00. The lowest BCUT2D eigenvalue weighted by molar-refractivity contribution is 0.0924. The zero-order valence-corrected chi connectivity index (χ0v) is 14.2. The zero-order chi connectivity index (χ0) is 17.5. The third kappa shape index (κ3) is 4.29. The molecule has 1 saturated heterocycles. The van der Waals surface area contributed by atoms with Crippen molar-refractivity contribution in [3.8, 4) is 0 Å². The SMILES string of the molecule is CC.Cc1ccc(Nc2cnccc2C(=O)NC2CNC2)c(F)c1. The summed E-state index contributed by atoms with van der Waals surface area (Å²) in [4.78, 5) is 16.3. The molecular weight excluding hydrogens is 307 g/mol. The van der Waals surface area contributed by atoms with Gasteiger partial charge in [-0.25, -0.2) is 4.39 Å². The Morgan fingerprint density at radius 1 is 1.25 bits per heavy atom. The monoisotopic (exact) mass is 330 g/mol. The van der Waals surface area contributed by atoms with Crippen molar-refractivity contribution in [1.29, 1.82) is 0 Å². The number of nitrogens with zero attached hydrogens (tertiary/aromatic N) is 1. The highest BCUT2D eigenvalue weighted by atomic mass is 19.1. The number of halogens is 1. The van der Waals surface area contributed by atoms with Gasteiger partial charge in [0.25, 0.3) is 5.91 Å². The summed E-state index contributed by atoms with van der Waals surface area (Å²) in [7, 11) is 0. The summed E-state index contributed by atoms with van der Waals surface area (Å²) in [6, 6.07) is 6.66. The summed E-state index contributed by atoms with van der Waals surface area (Å²) in [6.07, 6.45) is 3.07. The van der Waals surface area contributed by atoms with Crippen molar-refractivity contribution in [3.63, 3.8) is 0 Å². The second-order valence-corrected chi connectivity index (χ2v) is 5.36. The van der Waals surface area contributed by atoms with Gasteiger partial charge in [-0.2, -0.15) is 0 Å². The lowest BCUT2D eigenvalue weighted by atomic mass is 10.1. The average Bonchev–Trinajstić information content (AvgIpc) is 2.56. The molecule has 1 aliphatic rings. The van der Waals surface area contributed by atoms with Crippen molar-refractivity contribution in [1.82, 2.24) is 15.6 Å². The van der Waals surface area contributed by atoms with E-state index in [4.69, 9.17) is 0 Å². The van der Waals surface area contributed by atoms with Gasteiger partial charge in [-0.15, -0.1) is 0 Å². The summed E-state index contributed by atoms with van der Waals surface area (Å²) in [5.74, 6) is -0.553. The third-order valence-electron chi connectivity index (χ3n) is 3.58. The molecule has 1 aromatic carbocycles. The Morgan fingerprint density at radius 2 is 2.00 bits per heavy atom.